The summed E-state index contributed by atoms with van der Waals surface area (Å²) in [5, 5.41) is 10.3. The number of phenols is 1. The van der Waals surface area contributed by atoms with Crippen LogP contribution in [0, 0.1) is 0 Å². The van der Waals surface area contributed by atoms with E-state index in [-0.39, 0.29) is 5.75 Å². The van der Waals surface area contributed by atoms with E-state index in [0.29, 0.717) is 0 Å². The molecule has 0 aliphatic heterocycles. The maximum absolute atomic E-state index is 9.29. The van der Waals surface area contributed by atoms with E-state index < -0.39 is 0 Å². The minimum atomic E-state index is 0.282. The first kappa shape index (κ1) is 11.9. The van der Waals surface area contributed by atoms with Gasteiger partial charge in [-0.25, -0.2) is 4.98 Å². The van der Waals surface area contributed by atoms with Gasteiger partial charge in [-0.05, 0) is 29.8 Å². The van der Waals surface area contributed by atoms with Crippen molar-refractivity contribution in [2.75, 3.05) is 0 Å². The molecule has 3 rings (SSSR count). The number of phenolic OH excluding ortho intramolecular Hbond substituents is 1. The minimum Gasteiger partial charge on any atom is -0.508 e. The van der Waals surface area contributed by atoms with Crippen molar-refractivity contribution in [3.05, 3.63) is 71.2 Å². The molecule has 0 unspecified atom stereocenters. The Hall–Kier alpha value is -2.13. The number of rotatable bonds is 3. The number of hydrogen-bond donors (Lipinski definition) is 1. The van der Waals surface area contributed by atoms with Crippen molar-refractivity contribution < 1.29 is 5.11 Å². The van der Waals surface area contributed by atoms with E-state index in [4.69, 9.17) is 0 Å². The van der Waals surface area contributed by atoms with E-state index in [9.17, 15) is 5.11 Å². The maximum Gasteiger partial charge on any atom is 0.123 e. The summed E-state index contributed by atoms with van der Waals surface area (Å²) in [6.07, 6.45) is 2.84. The van der Waals surface area contributed by atoms with Crippen LogP contribution >= 0.6 is 11.3 Å². The monoisotopic (exact) mass is 267 g/mol. The van der Waals surface area contributed by atoms with Crippen LogP contribution in [0.3, 0.4) is 0 Å². The molecular formula is C16H13NOS. The van der Waals surface area contributed by atoms with Gasteiger partial charge in [0.25, 0.3) is 0 Å². The molecule has 0 radical (unpaired) electrons. The first-order chi connectivity index (χ1) is 9.31. The van der Waals surface area contributed by atoms with Crippen LogP contribution < -0.4 is 0 Å². The van der Waals surface area contributed by atoms with Crippen molar-refractivity contribution >= 4 is 11.3 Å². The van der Waals surface area contributed by atoms with Gasteiger partial charge in [-0.2, -0.15) is 0 Å². The lowest BCUT2D eigenvalue weighted by atomic mass is 10.1. The molecule has 0 spiro atoms. The van der Waals surface area contributed by atoms with Gasteiger partial charge in [-0.15, -0.1) is 11.3 Å². The zero-order valence-corrected chi connectivity index (χ0v) is 11.1. The topological polar surface area (TPSA) is 33.1 Å². The highest BCUT2D eigenvalue weighted by molar-refractivity contribution is 7.15. The molecule has 1 aromatic heterocycles. The van der Waals surface area contributed by atoms with Crippen LogP contribution in [0.5, 0.6) is 5.75 Å². The molecule has 0 saturated carbocycles. The third-order valence-corrected chi connectivity index (χ3v) is 3.94. The summed E-state index contributed by atoms with van der Waals surface area (Å²) in [7, 11) is 0. The molecule has 94 valence electrons. The summed E-state index contributed by atoms with van der Waals surface area (Å²) in [5.74, 6) is 0.282. The number of thiazole rings is 1. The summed E-state index contributed by atoms with van der Waals surface area (Å²) >= 11 is 1.69. The highest BCUT2D eigenvalue weighted by atomic mass is 32.1. The molecule has 0 aliphatic rings. The lowest BCUT2D eigenvalue weighted by Gasteiger charge is -1.97. The minimum absolute atomic E-state index is 0.282. The second-order valence-electron chi connectivity index (χ2n) is 4.34. The van der Waals surface area contributed by atoms with Crippen molar-refractivity contribution in [1.82, 2.24) is 4.98 Å². The summed E-state index contributed by atoms with van der Waals surface area (Å²) in [4.78, 5) is 5.69. The molecular weight excluding hydrogens is 254 g/mol. The van der Waals surface area contributed by atoms with Gasteiger partial charge in [0.15, 0.2) is 0 Å². The van der Waals surface area contributed by atoms with E-state index in [1.165, 1.54) is 10.4 Å². The fourth-order valence-electron chi connectivity index (χ4n) is 1.92. The first-order valence-electron chi connectivity index (χ1n) is 6.09. The number of benzene rings is 2. The predicted molar refractivity (Wildman–Crippen MR) is 78.5 cm³/mol. The lowest BCUT2D eigenvalue weighted by Crippen LogP contribution is -1.82. The molecule has 0 bridgehead atoms. The van der Waals surface area contributed by atoms with E-state index in [0.717, 1.165) is 17.0 Å². The van der Waals surface area contributed by atoms with Crippen LogP contribution in [0.15, 0.2) is 60.8 Å². The summed E-state index contributed by atoms with van der Waals surface area (Å²) in [6.45, 7) is 0. The van der Waals surface area contributed by atoms with E-state index in [1.54, 1.807) is 23.5 Å². The molecule has 0 amide bonds. The molecule has 0 fully saturated rings. The van der Waals surface area contributed by atoms with Crippen molar-refractivity contribution in [3.8, 4) is 16.3 Å². The Morgan fingerprint density at radius 1 is 0.947 bits per heavy atom. The zero-order chi connectivity index (χ0) is 13.1. The zero-order valence-electron chi connectivity index (χ0n) is 10.3. The van der Waals surface area contributed by atoms with Crippen molar-refractivity contribution in [3.63, 3.8) is 0 Å². The Kier molecular flexibility index (Phi) is 3.29. The van der Waals surface area contributed by atoms with Gasteiger partial charge < -0.3 is 5.11 Å². The highest BCUT2D eigenvalue weighted by Gasteiger charge is 2.05. The smallest absolute Gasteiger partial charge is 0.123 e. The number of aromatic hydroxyl groups is 1. The molecule has 19 heavy (non-hydrogen) atoms. The second-order valence-corrected chi connectivity index (χ2v) is 5.46. The first-order valence-corrected chi connectivity index (χ1v) is 6.91. The van der Waals surface area contributed by atoms with Crippen LogP contribution in [0.1, 0.15) is 10.4 Å². The number of aromatic nitrogens is 1. The Bertz CT molecular complexity index is 659. The molecule has 3 heteroatoms. The third kappa shape index (κ3) is 2.83. The van der Waals surface area contributed by atoms with Gasteiger partial charge in [0, 0.05) is 23.1 Å². The molecule has 0 saturated heterocycles. The van der Waals surface area contributed by atoms with Crippen molar-refractivity contribution in [2.24, 2.45) is 0 Å². The fraction of sp³-hybridized carbons (Fsp3) is 0.0625. The second kappa shape index (κ2) is 5.24. The predicted octanol–water partition coefficient (Wildman–Crippen LogP) is 4.11. The molecule has 2 aromatic carbocycles. The van der Waals surface area contributed by atoms with E-state index in [2.05, 4.69) is 29.2 Å². The highest BCUT2D eigenvalue weighted by Crippen LogP contribution is 2.27. The molecule has 3 aromatic rings. The largest absolute Gasteiger partial charge is 0.508 e. The Morgan fingerprint density at radius 2 is 1.68 bits per heavy atom. The van der Waals surface area contributed by atoms with Gasteiger partial charge in [0.1, 0.15) is 10.8 Å². The summed E-state index contributed by atoms with van der Waals surface area (Å²) < 4.78 is 0. The van der Waals surface area contributed by atoms with Gasteiger partial charge in [-0.1, -0.05) is 30.3 Å². The number of hydrogen-bond acceptors (Lipinski definition) is 3. The Balaban J connectivity index is 1.82. The molecule has 1 heterocycles. The normalized spacial score (nSPS) is 10.5. The standard InChI is InChI=1S/C16H13NOS/c18-14-8-6-13(7-9-14)16-17-11-15(19-16)10-12-4-2-1-3-5-12/h1-9,11,18H,10H2. The number of nitrogens with zero attached hydrogens (tertiary/aromatic N) is 1. The molecule has 0 aliphatic carbocycles. The summed E-state index contributed by atoms with van der Waals surface area (Å²) in [5.41, 5.74) is 2.34. The van der Waals surface area contributed by atoms with Crippen LogP contribution in [-0.4, -0.2) is 10.1 Å². The van der Waals surface area contributed by atoms with E-state index >= 15 is 0 Å². The molecule has 2 nitrogen and oxygen atoms in total. The van der Waals surface area contributed by atoms with E-state index in [1.807, 2.05) is 24.4 Å². The quantitative estimate of drug-likeness (QED) is 0.774. The van der Waals surface area contributed by atoms with Gasteiger partial charge in [0.05, 0.1) is 0 Å². The SMILES string of the molecule is Oc1ccc(-c2ncc(Cc3ccccc3)s2)cc1. The average Bonchev–Trinajstić information content (AvgIpc) is 2.89. The van der Waals surface area contributed by atoms with Crippen molar-refractivity contribution in [2.45, 2.75) is 6.42 Å². The van der Waals surface area contributed by atoms with Gasteiger partial charge >= 0.3 is 0 Å². The maximum atomic E-state index is 9.29. The van der Waals surface area contributed by atoms with Crippen LogP contribution in [0.4, 0.5) is 0 Å². The molecule has 0 atom stereocenters. The Morgan fingerprint density at radius 3 is 2.42 bits per heavy atom. The van der Waals surface area contributed by atoms with Crippen LogP contribution in [-0.2, 0) is 6.42 Å². The fourth-order valence-corrected chi connectivity index (χ4v) is 2.88. The van der Waals surface area contributed by atoms with Gasteiger partial charge in [-0.3, -0.25) is 0 Å². The summed E-state index contributed by atoms with van der Waals surface area (Å²) in [6, 6.07) is 17.5. The van der Waals surface area contributed by atoms with Gasteiger partial charge in [0.2, 0.25) is 0 Å². The average molecular weight is 267 g/mol. The molecule has 1 N–H and O–H groups in total. The third-order valence-electron chi connectivity index (χ3n) is 2.89. The van der Waals surface area contributed by atoms with Crippen molar-refractivity contribution in [1.29, 1.82) is 0 Å². The Labute approximate surface area is 116 Å². The van der Waals surface area contributed by atoms with Crippen LogP contribution in [0.2, 0.25) is 0 Å². The lowest BCUT2D eigenvalue weighted by molar-refractivity contribution is 0.475. The van der Waals surface area contributed by atoms with Crippen LogP contribution in [0.25, 0.3) is 10.6 Å².